The van der Waals surface area contributed by atoms with E-state index in [1.165, 1.54) is 4.88 Å². The highest BCUT2D eigenvalue weighted by Gasteiger charge is 2.26. The fraction of sp³-hybridized carbons (Fsp3) is 0.692. The van der Waals surface area contributed by atoms with Crippen LogP contribution in [0.3, 0.4) is 0 Å². The zero-order chi connectivity index (χ0) is 13.1. The molecule has 0 aliphatic heterocycles. The van der Waals surface area contributed by atoms with E-state index in [4.69, 9.17) is 5.11 Å². The number of carboxylic acid groups (broad SMARTS) is 1. The van der Waals surface area contributed by atoms with Gasteiger partial charge in [0.2, 0.25) is 0 Å². The van der Waals surface area contributed by atoms with Crippen molar-refractivity contribution in [3.63, 3.8) is 0 Å². The fourth-order valence-electron chi connectivity index (χ4n) is 2.57. The van der Waals surface area contributed by atoms with Gasteiger partial charge in [-0.2, -0.15) is 0 Å². The molecule has 1 aliphatic rings. The van der Waals surface area contributed by atoms with Gasteiger partial charge in [0.05, 0.1) is 16.6 Å². The van der Waals surface area contributed by atoms with Crippen molar-refractivity contribution in [2.75, 3.05) is 0 Å². The highest BCUT2D eigenvalue weighted by molar-refractivity contribution is 7.11. The molecule has 100 valence electrons. The minimum atomic E-state index is -0.647. The Kier molecular flexibility index (Phi) is 4.35. The summed E-state index contributed by atoms with van der Waals surface area (Å²) >= 11 is 1.72. The molecule has 2 unspecified atom stereocenters. The van der Waals surface area contributed by atoms with Crippen LogP contribution in [0.4, 0.5) is 0 Å². The molecule has 5 heteroatoms. The van der Waals surface area contributed by atoms with E-state index in [2.05, 4.69) is 10.3 Å². The molecule has 1 aromatic rings. The number of thiazole rings is 1. The maximum absolute atomic E-state index is 11.0. The normalized spacial score (nSPS) is 24.1. The van der Waals surface area contributed by atoms with Gasteiger partial charge in [0, 0.05) is 17.5 Å². The van der Waals surface area contributed by atoms with E-state index in [9.17, 15) is 4.79 Å². The van der Waals surface area contributed by atoms with Crippen LogP contribution in [-0.2, 0) is 11.3 Å². The van der Waals surface area contributed by atoms with E-state index in [0.29, 0.717) is 6.04 Å². The Hall–Kier alpha value is -0.940. The first-order valence-corrected chi connectivity index (χ1v) is 7.27. The topological polar surface area (TPSA) is 62.2 Å². The first-order chi connectivity index (χ1) is 8.56. The molecule has 0 amide bonds. The third kappa shape index (κ3) is 3.29. The van der Waals surface area contributed by atoms with Crippen LogP contribution in [0, 0.1) is 19.8 Å². The summed E-state index contributed by atoms with van der Waals surface area (Å²) in [6.45, 7) is 4.86. The second-order valence-electron chi connectivity index (χ2n) is 5.02. The summed E-state index contributed by atoms with van der Waals surface area (Å²) in [4.78, 5) is 16.7. The van der Waals surface area contributed by atoms with Crippen LogP contribution in [0.2, 0.25) is 0 Å². The van der Waals surface area contributed by atoms with Crippen LogP contribution in [0.25, 0.3) is 0 Å². The molecule has 0 saturated heterocycles. The maximum Gasteiger partial charge on any atom is 0.306 e. The lowest BCUT2D eigenvalue weighted by Gasteiger charge is -2.27. The van der Waals surface area contributed by atoms with Crippen LogP contribution in [0.15, 0.2) is 0 Å². The van der Waals surface area contributed by atoms with Crippen molar-refractivity contribution in [1.29, 1.82) is 0 Å². The van der Waals surface area contributed by atoms with Gasteiger partial charge >= 0.3 is 5.97 Å². The minimum Gasteiger partial charge on any atom is -0.481 e. The second-order valence-corrected chi connectivity index (χ2v) is 6.31. The van der Waals surface area contributed by atoms with Crippen molar-refractivity contribution in [1.82, 2.24) is 10.3 Å². The summed E-state index contributed by atoms with van der Waals surface area (Å²) in [6, 6.07) is 0.335. The van der Waals surface area contributed by atoms with Crippen molar-refractivity contribution in [2.24, 2.45) is 5.92 Å². The monoisotopic (exact) mass is 268 g/mol. The van der Waals surface area contributed by atoms with Gasteiger partial charge in [0.25, 0.3) is 0 Å². The quantitative estimate of drug-likeness (QED) is 0.880. The van der Waals surface area contributed by atoms with Crippen molar-refractivity contribution in [3.8, 4) is 0 Å². The Morgan fingerprint density at radius 3 is 2.89 bits per heavy atom. The standard InChI is InChI=1S/C13H20N2O2S/c1-8-12(18-9(2)15-8)7-14-11-5-3-4-10(6-11)13(16)17/h10-11,14H,3-7H2,1-2H3,(H,16,17). The highest BCUT2D eigenvalue weighted by Crippen LogP contribution is 2.25. The van der Waals surface area contributed by atoms with E-state index in [1.54, 1.807) is 11.3 Å². The van der Waals surface area contributed by atoms with Gasteiger partial charge in [-0.1, -0.05) is 6.42 Å². The molecule has 2 atom stereocenters. The van der Waals surface area contributed by atoms with Gasteiger partial charge in [-0.05, 0) is 33.1 Å². The van der Waals surface area contributed by atoms with E-state index >= 15 is 0 Å². The van der Waals surface area contributed by atoms with Gasteiger partial charge in [0.1, 0.15) is 0 Å². The van der Waals surface area contributed by atoms with E-state index in [-0.39, 0.29) is 5.92 Å². The Bertz CT molecular complexity index is 431. The van der Waals surface area contributed by atoms with Crippen LogP contribution >= 0.6 is 11.3 Å². The van der Waals surface area contributed by atoms with Crippen molar-refractivity contribution in [2.45, 2.75) is 52.1 Å². The van der Waals surface area contributed by atoms with Crippen LogP contribution in [0.1, 0.15) is 41.3 Å². The molecule has 1 saturated carbocycles. The molecule has 1 fully saturated rings. The van der Waals surface area contributed by atoms with E-state index in [0.717, 1.165) is 42.9 Å². The summed E-state index contributed by atoms with van der Waals surface area (Å²) in [7, 11) is 0. The van der Waals surface area contributed by atoms with Crippen LogP contribution in [0.5, 0.6) is 0 Å². The summed E-state index contributed by atoms with van der Waals surface area (Å²) in [5.41, 5.74) is 1.09. The van der Waals surface area contributed by atoms with Gasteiger partial charge in [-0.15, -0.1) is 11.3 Å². The highest BCUT2D eigenvalue weighted by atomic mass is 32.1. The van der Waals surface area contributed by atoms with E-state index in [1.807, 2.05) is 13.8 Å². The lowest BCUT2D eigenvalue weighted by molar-refractivity contribution is -0.143. The number of rotatable bonds is 4. The average molecular weight is 268 g/mol. The van der Waals surface area contributed by atoms with Gasteiger partial charge in [-0.25, -0.2) is 4.98 Å². The fourth-order valence-corrected chi connectivity index (χ4v) is 3.46. The number of nitrogens with zero attached hydrogens (tertiary/aromatic N) is 1. The summed E-state index contributed by atoms with van der Waals surface area (Å²) in [5, 5.41) is 13.6. The number of carbonyl (C=O) groups is 1. The van der Waals surface area contributed by atoms with Gasteiger partial charge in [-0.3, -0.25) is 4.79 Å². The molecule has 0 radical (unpaired) electrons. The lowest BCUT2D eigenvalue weighted by atomic mass is 9.86. The molecular weight excluding hydrogens is 248 g/mol. The smallest absolute Gasteiger partial charge is 0.306 e. The Balaban J connectivity index is 1.86. The first kappa shape index (κ1) is 13.5. The largest absolute Gasteiger partial charge is 0.481 e. The zero-order valence-electron chi connectivity index (χ0n) is 10.9. The molecule has 1 aliphatic carbocycles. The molecule has 0 bridgehead atoms. The molecule has 4 nitrogen and oxygen atoms in total. The Morgan fingerprint density at radius 1 is 1.50 bits per heavy atom. The molecule has 0 aromatic carbocycles. The van der Waals surface area contributed by atoms with Crippen LogP contribution < -0.4 is 5.32 Å². The lowest BCUT2D eigenvalue weighted by Crippen LogP contribution is -2.36. The SMILES string of the molecule is Cc1nc(C)c(CNC2CCCC(C(=O)O)C2)s1. The number of hydrogen-bond acceptors (Lipinski definition) is 4. The number of hydrogen-bond donors (Lipinski definition) is 2. The number of carboxylic acids is 1. The molecular formula is C13H20N2O2S. The predicted molar refractivity (Wildman–Crippen MR) is 71.8 cm³/mol. The molecule has 1 heterocycles. The molecule has 18 heavy (non-hydrogen) atoms. The summed E-state index contributed by atoms with van der Waals surface area (Å²) in [5.74, 6) is -0.813. The number of aromatic nitrogens is 1. The summed E-state index contributed by atoms with van der Waals surface area (Å²) in [6.07, 6.45) is 3.67. The molecule has 2 N–H and O–H groups in total. The predicted octanol–water partition coefficient (Wildman–Crippen LogP) is 2.49. The van der Waals surface area contributed by atoms with Gasteiger partial charge in [0.15, 0.2) is 0 Å². The Morgan fingerprint density at radius 2 is 2.28 bits per heavy atom. The van der Waals surface area contributed by atoms with Crippen molar-refractivity contribution in [3.05, 3.63) is 15.6 Å². The molecule has 2 rings (SSSR count). The number of nitrogens with one attached hydrogen (secondary N) is 1. The zero-order valence-corrected chi connectivity index (χ0v) is 11.7. The molecule has 0 spiro atoms. The third-order valence-corrected chi connectivity index (χ3v) is 4.65. The number of aliphatic carboxylic acids is 1. The van der Waals surface area contributed by atoms with Crippen molar-refractivity contribution < 1.29 is 9.90 Å². The third-order valence-electron chi connectivity index (χ3n) is 3.57. The first-order valence-electron chi connectivity index (χ1n) is 6.45. The average Bonchev–Trinajstić information content (AvgIpc) is 2.65. The van der Waals surface area contributed by atoms with Crippen molar-refractivity contribution >= 4 is 17.3 Å². The molecule has 1 aromatic heterocycles. The Labute approximate surface area is 111 Å². The maximum atomic E-state index is 11.0. The number of aryl methyl sites for hydroxylation is 2. The van der Waals surface area contributed by atoms with E-state index < -0.39 is 5.97 Å². The second kappa shape index (κ2) is 5.80. The van der Waals surface area contributed by atoms with Crippen LogP contribution in [-0.4, -0.2) is 22.1 Å². The minimum absolute atomic E-state index is 0.166. The summed E-state index contributed by atoms with van der Waals surface area (Å²) < 4.78 is 0. The van der Waals surface area contributed by atoms with Gasteiger partial charge < -0.3 is 10.4 Å².